The minimum atomic E-state index is -0.737. The van der Waals surface area contributed by atoms with E-state index in [0.29, 0.717) is 25.1 Å². The van der Waals surface area contributed by atoms with E-state index in [1.54, 1.807) is 25.7 Å². The molecular weight excluding hydrogens is 506 g/mol. The highest BCUT2D eigenvalue weighted by Crippen LogP contribution is 2.28. The average molecular weight is 547 g/mol. The summed E-state index contributed by atoms with van der Waals surface area (Å²) in [6, 6.07) is 11.4. The molecule has 214 valence electrons. The van der Waals surface area contributed by atoms with Crippen molar-refractivity contribution in [3.05, 3.63) is 71.3 Å². The average Bonchev–Trinajstić information content (AvgIpc) is 3.34. The molecule has 0 aliphatic carbocycles. The van der Waals surface area contributed by atoms with Gasteiger partial charge in [0.25, 0.3) is 0 Å². The van der Waals surface area contributed by atoms with Crippen LogP contribution in [0.2, 0.25) is 0 Å². The van der Waals surface area contributed by atoms with Gasteiger partial charge in [-0.1, -0.05) is 43.7 Å². The Hall–Kier alpha value is -3.20. The number of carbonyl (C=O) groups is 2. The Kier molecular flexibility index (Phi) is 11.1. The van der Waals surface area contributed by atoms with Crippen molar-refractivity contribution in [3.63, 3.8) is 0 Å². The van der Waals surface area contributed by atoms with Gasteiger partial charge in [0.15, 0.2) is 0 Å². The molecule has 9 heteroatoms. The molecule has 2 amide bonds. The van der Waals surface area contributed by atoms with E-state index >= 15 is 0 Å². The van der Waals surface area contributed by atoms with Crippen LogP contribution >= 0.6 is 0 Å². The molecule has 1 N–H and O–H groups in total. The minimum absolute atomic E-state index is 0.0583. The van der Waals surface area contributed by atoms with Crippen LogP contribution in [0.1, 0.15) is 64.5 Å². The molecule has 3 rings (SSSR count). The molecule has 1 aliphatic heterocycles. The van der Waals surface area contributed by atoms with Crippen molar-refractivity contribution < 1.29 is 32.6 Å². The van der Waals surface area contributed by atoms with Crippen molar-refractivity contribution in [3.8, 4) is 0 Å². The Bertz CT molecular complexity index is 1060. The van der Waals surface area contributed by atoms with Crippen molar-refractivity contribution in [2.75, 3.05) is 13.2 Å². The highest BCUT2D eigenvalue weighted by molar-refractivity contribution is 5.69. The number of amides is 2. The van der Waals surface area contributed by atoms with Crippen molar-refractivity contribution in [2.24, 2.45) is 0 Å². The fourth-order valence-electron chi connectivity index (χ4n) is 4.69. The highest BCUT2D eigenvalue weighted by atomic mass is 19.1. The van der Waals surface area contributed by atoms with Gasteiger partial charge in [0.05, 0.1) is 18.2 Å². The first kappa shape index (κ1) is 30.3. The first-order valence-electron chi connectivity index (χ1n) is 13.6. The first-order valence-corrected chi connectivity index (χ1v) is 13.6. The summed E-state index contributed by atoms with van der Waals surface area (Å²) in [5.41, 5.74) is 0.492. The number of alkyl carbamates (subject to hydrolysis) is 1. The zero-order valence-corrected chi connectivity index (χ0v) is 23.3. The van der Waals surface area contributed by atoms with Crippen molar-refractivity contribution in [1.29, 1.82) is 0 Å². The zero-order valence-electron chi connectivity index (χ0n) is 23.3. The summed E-state index contributed by atoms with van der Waals surface area (Å²) in [6.45, 7) is 8.38. The van der Waals surface area contributed by atoms with Gasteiger partial charge in [-0.05, 0) is 69.7 Å². The molecule has 3 atom stereocenters. The molecule has 1 saturated heterocycles. The van der Waals surface area contributed by atoms with Crippen molar-refractivity contribution in [2.45, 2.75) is 90.2 Å². The first-order chi connectivity index (χ1) is 18.6. The standard InChI is InChI=1S/C30H40F2N2O5/c1-5-6-15-37-27(26-13-10-14-34(26)29(36)39-30(2,3)4)25(18-22-16-23(31)19-24(32)17-22)33-28(35)38-20-21-11-8-7-9-12-21/h7-9,11-12,16-17,19,25-27H,5-6,10,13-15,18,20H2,1-4H3,(H,33,35)/t25-,26+,27-/m0/s1. The van der Waals surface area contributed by atoms with Gasteiger partial charge in [-0.25, -0.2) is 18.4 Å². The van der Waals surface area contributed by atoms with Crippen LogP contribution in [0.25, 0.3) is 0 Å². The number of nitrogens with one attached hydrogen (secondary N) is 1. The van der Waals surface area contributed by atoms with Gasteiger partial charge in [-0.2, -0.15) is 0 Å². The summed E-state index contributed by atoms with van der Waals surface area (Å²) in [6.07, 6.45) is 1.28. The number of rotatable bonds is 11. The minimum Gasteiger partial charge on any atom is -0.445 e. The zero-order chi connectivity index (χ0) is 28.4. The van der Waals surface area contributed by atoms with E-state index < -0.39 is 47.6 Å². The van der Waals surface area contributed by atoms with Gasteiger partial charge in [-0.15, -0.1) is 0 Å². The number of hydrogen-bond acceptors (Lipinski definition) is 5. The molecule has 0 saturated carbocycles. The number of carbonyl (C=O) groups excluding carboxylic acids is 2. The van der Waals surface area contributed by atoms with E-state index in [4.69, 9.17) is 14.2 Å². The number of benzene rings is 2. The lowest BCUT2D eigenvalue weighted by atomic mass is 9.94. The monoisotopic (exact) mass is 546 g/mol. The predicted octanol–water partition coefficient (Wildman–Crippen LogP) is 6.39. The fraction of sp³-hybridized carbons (Fsp3) is 0.533. The second-order valence-electron chi connectivity index (χ2n) is 10.9. The van der Waals surface area contributed by atoms with E-state index in [0.717, 1.165) is 30.9 Å². The van der Waals surface area contributed by atoms with E-state index in [2.05, 4.69) is 5.32 Å². The maximum Gasteiger partial charge on any atom is 0.410 e. The molecule has 0 radical (unpaired) electrons. The fourth-order valence-corrected chi connectivity index (χ4v) is 4.69. The second-order valence-corrected chi connectivity index (χ2v) is 10.9. The molecule has 7 nitrogen and oxygen atoms in total. The topological polar surface area (TPSA) is 77.1 Å². The number of ether oxygens (including phenoxy) is 3. The van der Waals surface area contributed by atoms with Crippen LogP contribution in [0.4, 0.5) is 18.4 Å². The molecule has 1 aliphatic rings. The van der Waals surface area contributed by atoms with Crippen LogP contribution in [-0.4, -0.2) is 54.0 Å². The molecule has 2 aromatic carbocycles. The summed E-state index contributed by atoms with van der Waals surface area (Å²) >= 11 is 0. The van der Waals surface area contributed by atoms with Gasteiger partial charge in [0.2, 0.25) is 0 Å². The van der Waals surface area contributed by atoms with E-state index in [1.807, 2.05) is 37.3 Å². The molecule has 0 unspecified atom stereocenters. The molecule has 1 heterocycles. The SMILES string of the molecule is CCCCO[C@@H]([C@H](Cc1cc(F)cc(F)c1)NC(=O)OCc1ccccc1)[C@H]1CCCN1C(=O)OC(C)(C)C. The van der Waals surface area contributed by atoms with Gasteiger partial charge in [-0.3, -0.25) is 0 Å². The Morgan fingerprint density at radius 1 is 1.08 bits per heavy atom. The van der Waals surface area contributed by atoms with Gasteiger partial charge in [0.1, 0.15) is 23.8 Å². The molecule has 2 aromatic rings. The number of likely N-dealkylation sites (tertiary alicyclic amines) is 1. The van der Waals surface area contributed by atoms with Crippen LogP contribution in [0, 0.1) is 11.6 Å². The van der Waals surface area contributed by atoms with Crippen molar-refractivity contribution >= 4 is 12.2 Å². The van der Waals surface area contributed by atoms with Crippen LogP contribution < -0.4 is 5.32 Å². The number of halogens is 2. The molecule has 0 aromatic heterocycles. The maximum absolute atomic E-state index is 14.1. The number of unbranched alkanes of at least 4 members (excludes halogenated alkanes) is 1. The largest absolute Gasteiger partial charge is 0.445 e. The summed E-state index contributed by atoms with van der Waals surface area (Å²) in [5, 5.41) is 2.88. The Labute approximate surface area is 229 Å². The quantitative estimate of drug-likeness (QED) is 0.331. The normalized spacial score (nSPS) is 17.0. The molecular formula is C30H40F2N2O5. The molecule has 39 heavy (non-hydrogen) atoms. The molecule has 1 fully saturated rings. The lowest BCUT2D eigenvalue weighted by Crippen LogP contribution is -2.56. The van der Waals surface area contributed by atoms with Crippen LogP contribution in [0.5, 0.6) is 0 Å². The Morgan fingerprint density at radius 3 is 2.41 bits per heavy atom. The lowest BCUT2D eigenvalue weighted by Gasteiger charge is -2.37. The Balaban J connectivity index is 1.88. The molecule has 0 bridgehead atoms. The van der Waals surface area contributed by atoms with E-state index in [9.17, 15) is 18.4 Å². The highest BCUT2D eigenvalue weighted by Gasteiger charge is 2.41. The second kappa shape index (κ2) is 14.3. The third-order valence-electron chi connectivity index (χ3n) is 6.41. The van der Waals surface area contributed by atoms with Crippen LogP contribution in [0.15, 0.2) is 48.5 Å². The van der Waals surface area contributed by atoms with Gasteiger partial charge < -0.3 is 24.4 Å². The van der Waals surface area contributed by atoms with Crippen LogP contribution in [-0.2, 0) is 27.2 Å². The van der Waals surface area contributed by atoms with Gasteiger partial charge in [0, 0.05) is 19.2 Å². The number of hydrogen-bond donors (Lipinski definition) is 1. The Morgan fingerprint density at radius 2 is 1.77 bits per heavy atom. The third kappa shape index (κ3) is 9.80. The van der Waals surface area contributed by atoms with Crippen LogP contribution in [0.3, 0.4) is 0 Å². The summed E-state index contributed by atoms with van der Waals surface area (Å²) in [4.78, 5) is 27.7. The lowest BCUT2D eigenvalue weighted by molar-refractivity contribution is -0.0353. The molecule has 0 spiro atoms. The van der Waals surface area contributed by atoms with Gasteiger partial charge >= 0.3 is 12.2 Å². The third-order valence-corrected chi connectivity index (χ3v) is 6.41. The van der Waals surface area contributed by atoms with Crippen molar-refractivity contribution in [1.82, 2.24) is 10.2 Å². The number of nitrogens with zero attached hydrogens (tertiary/aromatic N) is 1. The summed E-state index contributed by atoms with van der Waals surface area (Å²) in [7, 11) is 0. The van der Waals surface area contributed by atoms with E-state index in [-0.39, 0.29) is 13.0 Å². The smallest absolute Gasteiger partial charge is 0.410 e. The predicted molar refractivity (Wildman–Crippen MR) is 144 cm³/mol. The maximum atomic E-state index is 14.1. The summed E-state index contributed by atoms with van der Waals surface area (Å²) in [5.74, 6) is -1.43. The van der Waals surface area contributed by atoms with E-state index in [1.165, 1.54) is 12.1 Å². The summed E-state index contributed by atoms with van der Waals surface area (Å²) < 4.78 is 45.6.